The number of aliphatic hydroxyl groups excluding tert-OH is 1. The van der Waals surface area contributed by atoms with Crippen LogP contribution in [0, 0.1) is 5.82 Å². The summed E-state index contributed by atoms with van der Waals surface area (Å²) in [6, 6.07) is 7.84. The average molecular weight is 417 g/mol. The summed E-state index contributed by atoms with van der Waals surface area (Å²) >= 11 is 0. The van der Waals surface area contributed by atoms with Gasteiger partial charge >= 0.3 is 6.18 Å². The number of carbonyl (C=O) groups is 1. The molecule has 0 aliphatic carbocycles. The van der Waals surface area contributed by atoms with Crippen LogP contribution in [-0.4, -0.2) is 25.5 Å². The Morgan fingerprint density at radius 2 is 1.54 bits per heavy atom. The topological polar surface area (TPSA) is 122 Å². The van der Waals surface area contributed by atoms with Gasteiger partial charge in [0.15, 0.2) is 11.5 Å². The van der Waals surface area contributed by atoms with Gasteiger partial charge in [-0.15, -0.1) is 5.11 Å². The SMILES string of the molecule is NS(=O)(=O)c1ccc(N=N/C(C(=O)C(F)(F)F)=C(\O)c2ccc(F)cc2)cc1. The van der Waals surface area contributed by atoms with Crippen LogP contribution in [0.2, 0.25) is 0 Å². The van der Waals surface area contributed by atoms with Gasteiger partial charge in [-0.05, 0) is 48.5 Å². The van der Waals surface area contributed by atoms with Crippen LogP contribution in [0.5, 0.6) is 0 Å². The molecular formula is C16H11F4N3O4S. The number of Topliss-reactive ketones (excluding diaryl/α,β-unsaturated/α-hetero) is 1. The molecule has 0 amide bonds. The highest BCUT2D eigenvalue weighted by Crippen LogP contribution is 2.28. The number of halogens is 4. The molecule has 2 aromatic carbocycles. The lowest BCUT2D eigenvalue weighted by Gasteiger charge is -2.08. The fraction of sp³-hybridized carbons (Fsp3) is 0.0625. The average Bonchev–Trinajstić information content (AvgIpc) is 2.61. The van der Waals surface area contributed by atoms with Crippen molar-refractivity contribution in [1.29, 1.82) is 0 Å². The highest BCUT2D eigenvalue weighted by molar-refractivity contribution is 7.89. The third-order valence-electron chi connectivity index (χ3n) is 3.25. The van der Waals surface area contributed by atoms with Gasteiger partial charge in [-0.1, -0.05) is 0 Å². The number of benzene rings is 2. The molecule has 0 aromatic heterocycles. The number of hydrogen-bond acceptors (Lipinski definition) is 6. The van der Waals surface area contributed by atoms with Crippen LogP contribution >= 0.6 is 0 Å². The summed E-state index contributed by atoms with van der Waals surface area (Å²) < 4.78 is 73.7. The summed E-state index contributed by atoms with van der Waals surface area (Å²) in [7, 11) is -3.99. The smallest absolute Gasteiger partial charge is 0.456 e. The molecule has 0 aliphatic heterocycles. The molecule has 0 heterocycles. The number of sulfonamides is 1. The zero-order valence-electron chi connectivity index (χ0n) is 13.7. The molecule has 0 bridgehead atoms. The number of carbonyl (C=O) groups excluding carboxylic acids is 1. The van der Waals surface area contributed by atoms with Crippen LogP contribution in [0.25, 0.3) is 5.76 Å². The van der Waals surface area contributed by atoms with Gasteiger partial charge < -0.3 is 5.11 Å². The predicted molar refractivity (Wildman–Crippen MR) is 89.3 cm³/mol. The van der Waals surface area contributed by atoms with E-state index in [1.807, 2.05) is 0 Å². The van der Waals surface area contributed by atoms with Gasteiger partial charge in [-0.3, -0.25) is 4.79 Å². The number of allylic oxidation sites excluding steroid dienone is 1. The van der Waals surface area contributed by atoms with Crippen LogP contribution in [0.3, 0.4) is 0 Å². The summed E-state index contributed by atoms with van der Waals surface area (Å²) in [5.74, 6) is -4.34. The Morgan fingerprint density at radius 1 is 1.00 bits per heavy atom. The van der Waals surface area contributed by atoms with E-state index in [4.69, 9.17) is 5.14 Å². The fourth-order valence-corrected chi connectivity index (χ4v) is 2.40. The van der Waals surface area contributed by atoms with Gasteiger partial charge in [0.05, 0.1) is 10.6 Å². The molecule has 28 heavy (non-hydrogen) atoms. The van der Waals surface area contributed by atoms with Gasteiger partial charge in [-0.2, -0.15) is 18.3 Å². The molecule has 0 radical (unpaired) electrons. The van der Waals surface area contributed by atoms with Crippen molar-refractivity contribution in [3.63, 3.8) is 0 Å². The van der Waals surface area contributed by atoms with Gasteiger partial charge in [0.1, 0.15) is 5.82 Å². The Morgan fingerprint density at radius 3 is 2.00 bits per heavy atom. The number of primary sulfonamides is 1. The Bertz CT molecular complexity index is 1040. The van der Waals surface area contributed by atoms with Crippen molar-refractivity contribution >= 4 is 27.3 Å². The molecule has 12 heteroatoms. The zero-order valence-corrected chi connectivity index (χ0v) is 14.5. The minimum atomic E-state index is -5.36. The number of azo groups is 1. The van der Waals surface area contributed by atoms with Crippen LogP contribution in [0.1, 0.15) is 5.56 Å². The van der Waals surface area contributed by atoms with E-state index < -0.39 is 39.3 Å². The molecule has 0 unspecified atom stereocenters. The lowest BCUT2D eigenvalue weighted by Crippen LogP contribution is -2.24. The van der Waals surface area contributed by atoms with E-state index in [2.05, 4.69) is 10.2 Å². The van der Waals surface area contributed by atoms with Crippen LogP contribution < -0.4 is 5.14 Å². The fourth-order valence-electron chi connectivity index (χ4n) is 1.89. The molecule has 2 rings (SSSR count). The summed E-state index contributed by atoms with van der Waals surface area (Å²) in [5.41, 5.74) is -1.83. The van der Waals surface area contributed by atoms with Gasteiger partial charge in [0.2, 0.25) is 10.0 Å². The normalized spacial score (nSPS) is 13.5. The number of alkyl halides is 3. The number of hydrogen-bond donors (Lipinski definition) is 2. The van der Waals surface area contributed by atoms with Crippen LogP contribution in [0.4, 0.5) is 23.2 Å². The molecule has 2 aromatic rings. The summed E-state index contributed by atoms with van der Waals surface area (Å²) in [6.07, 6.45) is -5.36. The molecular weight excluding hydrogens is 406 g/mol. The van der Waals surface area contributed by atoms with Crippen molar-refractivity contribution in [3.8, 4) is 0 Å². The van der Waals surface area contributed by atoms with E-state index in [1.54, 1.807) is 0 Å². The second kappa shape index (κ2) is 7.86. The van der Waals surface area contributed by atoms with Gasteiger partial charge in [0, 0.05) is 5.56 Å². The van der Waals surface area contributed by atoms with Gasteiger partial charge in [0.25, 0.3) is 5.78 Å². The van der Waals surface area contributed by atoms with Crippen LogP contribution in [-0.2, 0) is 14.8 Å². The van der Waals surface area contributed by atoms with Crippen molar-refractivity contribution in [3.05, 3.63) is 65.6 Å². The zero-order chi connectivity index (χ0) is 21.1. The van der Waals surface area contributed by atoms with E-state index >= 15 is 0 Å². The van der Waals surface area contributed by atoms with Crippen molar-refractivity contribution < 1.29 is 35.9 Å². The van der Waals surface area contributed by atoms with E-state index in [1.165, 1.54) is 0 Å². The van der Waals surface area contributed by atoms with Crippen molar-refractivity contribution in [2.24, 2.45) is 15.4 Å². The first kappa shape index (κ1) is 21.2. The number of nitrogens with two attached hydrogens (primary N) is 1. The lowest BCUT2D eigenvalue weighted by molar-refractivity contribution is -0.166. The monoisotopic (exact) mass is 417 g/mol. The minimum Gasteiger partial charge on any atom is -0.505 e. The number of rotatable bonds is 5. The number of nitrogens with zero attached hydrogens (tertiary/aromatic N) is 2. The van der Waals surface area contributed by atoms with Crippen molar-refractivity contribution in [1.82, 2.24) is 0 Å². The first-order valence-electron chi connectivity index (χ1n) is 7.25. The maximum atomic E-state index is 12.9. The first-order valence-corrected chi connectivity index (χ1v) is 8.79. The van der Waals surface area contributed by atoms with Crippen LogP contribution in [0.15, 0.2) is 69.4 Å². The summed E-state index contributed by atoms with van der Waals surface area (Å²) in [6.45, 7) is 0. The standard InChI is InChI=1S/C16H11F4N3O4S/c17-10-3-1-9(2-4-10)14(24)13(15(25)16(18,19)20)23-22-11-5-7-12(8-6-11)28(21,26)27/h1-8,24H,(H2,21,26,27)/b14-13-,23-22?. The third kappa shape index (κ3) is 5.20. The molecule has 148 valence electrons. The highest BCUT2D eigenvalue weighted by atomic mass is 32.2. The molecule has 0 spiro atoms. The second-order valence-corrected chi connectivity index (χ2v) is 6.83. The molecule has 0 fully saturated rings. The van der Waals surface area contributed by atoms with Crippen molar-refractivity contribution in [2.45, 2.75) is 11.1 Å². The van der Waals surface area contributed by atoms with Gasteiger partial charge in [-0.25, -0.2) is 17.9 Å². The van der Waals surface area contributed by atoms with E-state index in [0.717, 1.165) is 48.5 Å². The summed E-state index contributed by atoms with van der Waals surface area (Å²) in [4.78, 5) is 11.3. The van der Waals surface area contributed by atoms with E-state index in [-0.39, 0.29) is 16.1 Å². The molecule has 7 nitrogen and oxygen atoms in total. The quantitative estimate of drug-likeness (QED) is 0.334. The maximum Gasteiger partial charge on any atom is 0.456 e. The first-order chi connectivity index (χ1) is 12.9. The molecule has 0 saturated carbocycles. The molecule has 3 N–H and O–H groups in total. The lowest BCUT2D eigenvalue weighted by atomic mass is 10.1. The maximum absolute atomic E-state index is 12.9. The molecule has 0 saturated heterocycles. The number of aliphatic hydroxyl groups is 1. The van der Waals surface area contributed by atoms with Crippen molar-refractivity contribution in [2.75, 3.05) is 0 Å². The second-order valence-electron chi connectivity index (χ2n) is 5.27. The molecule has 0 atom stereocenters. The largest absolute Gasteiger partial charge is 0.505 e. The third-order valence-corrected chi connectivity index (χ3v) is 4.17. The Balaban J connectivity index is 2.48. The molecule has 0 aliphatic rings. The Labute approximate surface area is 155 Å². The predicted octanol–water partition coefficient (Wildman–Crippen LogP) is 3.62. The van der Waals surface area contributed by atoms with E-state index in [9.17, 15) is 35.9 Å². The summed E-state index contributed by atoms with van der Waals surface area (Å²) in [5, 5.41) is 21.5. The Kier molecular flexibility index (Phi) is 5.95. The Hall–Kier alpha value is -3.12. The number of ketones is 1. The minimum absolute atomic E-state index is 0.119. The van der Waals surface area contributed by atoms with E-state index in [0.29, 0.717) is 0 Å². The highest BCUT2D eigenvalue weighted by Gasteiger charge is 2.43.